The van der Waals surface area contributed by atoms with E-state index >= 15 is 0 Å². The van der Waals surface area contributed by atoms with Crippen molar-refractivity contribution in [3.8, 4) is 5.75 Å². The van der Waals surface area contributed by atoms with Crippen molar-refractivity contribution in [3.05, 3.63) is 64.1 Å². The van der Waals surface area contributed by atoms with Gasteiger partial charge in [-0.05, 0) is 63.9 Å². The number of hydrogen-bond acceptors (Lipinski definition) is 3. The highest BCUT2D eigenvalue weighted by Gasteiger charge is 2.30. The number of carbonyl (C=O) groups is 2. The van der Waals surface area contributed by atoms with Crippen LogP contribution in [0.2, 0.25) is 0 Å². The van der Waals surface area contributed by atoms with Crippen LogP contribution in [-0.2, 0) is 16.1 Å². The van der Waals surface area contributed by atoms with Crippen molar-refractivity contribution in [2.24, 2.45) is 0 Å². The number of aryl methyl sites for hydroxylation is 1. The van der Waals surface area contributed by atoms with E-state index in [1.807, 2.05) is 71.0 Å². The van der Waals surface area contributed by atoms with Gasteiger partial charge < -0.3 is 15.0 Å². The smallest absolute Gasteiger partial charge is 0.261 e. The molecular weight excluding hydrogens is 444 g/mol. The fraction of sp³-hybridized carbons (Fsp3) is 0.417. The molecule has 162 valence electrons. The highest BCUT2D eigenvalue weighted by molar-refractivity contribution is 9.10. The van der Waals surface area contributed by atoms with Crippen molar-refractivity contribution < 1.29 is 14.3 Å². The molecule has 0 fully saturated rings. The fourth-order valence-electron chi connectivity index (χ4n) is 3.14. The fourth-order valence-corrected chi connectivity index (χ4v) is 3.40. The van der Waals surface area contributed by atoms with E-state index in [1.165, 1.54) is 0 Å². The zero-order valence-corrected chi connectivity index (χ0v) is 20.0. The largest absolute Gasteiger partial charge is 0.484 e. The highest BCUT2D eigenvalue weighted by Crippen LogP contribution is 2.18. The average molecular weight is 475 g/mol. The average Bonchev–Trinajstić information content (AvgIpc) is 2.66. The molecule has 0 radical (unpaired) electrons. The molecule has 0 saturated carbocycles. The number of carbonyl (C=O) groups excluding carboxylic acids is 2. The molecule has 0 aliphatic rings. The predicted molar refractivity (Wildman–Crippen MR) is 123 cm³/mol. The van der Waals surface area contributed by atoms with Crippen LogP contribution < -0.4 is 10.1 Å². The number of nitrogens with zero attached hydrogens (tertiary/aromatic N) is 1. The first-order chi connectivity index (χ1) is 14.1. The minimum absolute atomic E-state index is 0.132. The second kappa shape index (κ2) is 10.6. The van der Waals surface area contributed by atoms with Gasteiger partial charge in [0.2, 0.25) is 5.91 Å². The number of benzene rings is 2. The van der Waals surface area contributed by atoms with E-state index in [1.54, 1.807) is 17.0 Å². The van der Waals surface area contributed by atoms with Gasteiger partial charge in [0.15, 0.2) is 6.61 Å². The monoisotopic (exact) mass is 474 g/mol. The molecule has 0 aromatic heterocycles. The third-order valence-electron chi connectivity index (χ3n) is 4.50. The van der Waals surface area contributed by atoms with Crippen LogP contribution in [0.1, 0.15) is 45.2 Å². The van der Waals surface area contributed by atoms with E-state index in [9.17, 15) is 9.59 Å². The maximum atomic E-state index is 13.2. The summed E-state index contributed by atoms with van der Waals surface area (Å²) in [5.41, 5.74) is 1.71. The van der Waals surface area contributed by atoms with Crippen molar-refractivity contribution in [2.75, 3.05) is 6.61 Å². The van der Waals surface area contributed by atoms with Crippen molar-refractivity contribution in [3.63, 3.8) is 0 Å². The van der Waals surface area contributed by atoms with Gasteiger partial charge in [0, 0.05) is 16.6 Å². The van der Waals surface area contributed by atoms with E-state index in [4.69, 9.17) is 4.74 Å². The minimum atomic E-state index is -0.578. The van der Waals surface area contributed by atoms with E-state index in [0.29, 0.717) is 18.7 Å². The molecule has 0 saturated heterocycles. The van der Waals surface area contributed by atoms with Crippen LogP contribution in [0.3, 0.4) is 0 Å². The molecule has 0 unspecified atom stereocenters. The van der Waals surface area contributed by atoms with Gasteiger partial charge in [-0.1, -0.05) is 52.7 Å². The van der Waals surface area contributed by atoms with E-state index in [2.05, 4.69) is 21.2 Å². The standard InChI is InChI=1S/C24H31BrN2O3/c1-6-21(23(29)26-24(3,4)5)27(15-18-9-7-8-17(2)14-18)22(28)16-30-20-12-10-19(25)11-13-20/h7-14,21H,6,15-16H2,1-5H3,(H,26,29)/t21-/m0/s1. The molecule has 1 atom stereocenters. The zero-order valence-electron chi connectivity index (χ0n) is 18.4. The summed E-state index contributed by atoms with van der Waals surface area (Å²) in [6, 6.07) is 14.7. The Morgan fingerprint density at radius 3 is 2.37 bits per heavy atom. The molecule has 0 bridgehead atoms. The summed E-state index contributed by atoms with van der Waals surface area (Å²) in [7, 11) is 0. The van der Waals surface area contributed by atoms with Crippen LogP contribution in [0.25, 0.3) is 0 Å². The maximum absolute atomic E-state index is 13.2. The zero-order chi connectivity index (χ0) is 22.3. The predicted octanol–water partition coefficient (Wildman–Crippen LogP) is 4.86. The number of hydrogen-bond donors (Lipinski definition) is 1. The number of amides is 2. The summed E-state index contributed by atoms with van der Waals surface area (Å²) in [4.78, 5) is 27.7. The van der Waals surface area contributed by atoms with Crippen molar-refractivity contribution in [1.29, 1.82) is 0 Å². The summed E-state index contributed by atoms with van der Waals surface area (Å²) < 4.78 is 6.63. The number of rotatable bonds is 8. The molecule has 5 nitrogen and oxygen atoms in total. The molecule has 1 N–H and O–H groups in total. The van der Waals surface area contributed by atoms with Gasteiger partial charge in [-0.2, -0.15) is 0 Å². The van der Waals surface area contributed by atoms with Crippen LogP contribution in [0.5, 0.6) is 5.75 Å². The lowest BCUT2D eigenvalue weighted by Gasteiger charge is -2.33. The van der Waals surface area contributed by atoms with Gasteiger partial charge in [-0.15, -0.1) is 0 Å². The van der Waals surface area contributed by atoms with Gasteiger partial charge in [0.05, 0.1) is 0 Å². The Hall–Kier alpha value is -2.34. The third kappa shape index (κ3) is 7.48. The van der Waals surface area contributed by atoms with Crippen LogP contribution in [0, 0.1) is 6.92 Å². The van der Waals surface area contributed by atoms with Gasteiger partial charge in [-0.3, -0.25) is 9.59 Å². The summed E-state index contributed by atoms with van der Waals surface area (Å²) >= 11 is 3.38. The van der Waals surface area contributed by atoms with E-state index in [-0.39, 0.29) is 24.0 Å². The Morgan fingerprint density at radius 2 is 1.80 bits per heavy atom. The quantitative estimate of drug-likeness (QED) is 0.594. The summed E-state index contributed by atoms with van der Waals surface area (Å²) in [5, 5.41) is 3.00. The lowest BCUT2D eigenvalue weighted by Crippen LogP contribution is -2.54. The van der Waals surface area contributed by atoms with Crippen molar-refractivity contribution >= 4 is 27.7 Å². The molecule has 30 heavy (non-hydrogen) atoms. The first-order valence-corrected chi connectivity index (χ1v) is 10.9. The topological polar surface area (TPSA) is 58.6 Å². The van der Waals surface area contributed by atoms with Crippen LogP contribution in [-0.4, -0.2) is 34.9 Å². The lowest BCUT2D eigenvalue weighted by molar-refractivity contribution is -0.143. The number of ether oxygens (including phenoxy) is 1. The normalized spacial score (nSPS) is 12.2. The molecule has 0 heterocycles. The Bertz CT molecular complexity index is 859. The number of nitrogens with one attached hydrogen (secondary N) is 1. The molecule has 6 heteroatoms. The second-order valence-electron chi connectivity index (χ2n) is 8.42. The van der Waals surface area contributed by atoms with Gasteiger partial charge >= 0.3 is 0 Å². The molecular formula is C24H31BrN2O3. The first-order valence-electron chi connectivity index (χ1n) is 10.1. The first kappa shape index (κ1) is 23.9. The Kier molecular flexibility index (Phi) is 8.47. The van der Waals surface area contributed by atoms with Gasteiger partial charge in [0.1, 0.15) is 11.8 Å². The molecule has 2 amide bonds. The summed E-state index contributed by atoms with van der Waals surface area (Å²) in [6.45, 7) is 9.94. The van der Waals surface area contributed by atoms with Crippen molar-refractivity contribution in [1.82, 2.24) is 10.2 Å². The summed E-state index contributed by atoms with van der Waals surface area (Å²) in [5.74, 6) is 0.222. The van der Waals surface area contributed by atoms with Crippen LogP contribution in [0.15, 0.2) is 53.0 Å². The Balaban J connectivity index is 2.22. The molecule has 2 aromatic rings. The summed E-state index contributed by atoms with van der Waals surface area (Å²) in [6.07, 6.45) is 0.512. The van der Waals surface area contributed by atoms with E-state index < -0.39 is 6.04 Å². The number of halogens is 1. The molecule has 2 aromatic carbocycles. The second-order valence-corrected chi connectivity index (χ2v) is 9.33. The van der Waals surface area contributed by atoms with E-state index in [0.717, 1.165) is 15.6 Å². The Morgan fingerprint density at radius 1 is 1.13 bits per heavy atom. The highest BCUT2D eigenvalue weighted by atomic mass is 79.9. The van der Waals surface area contributed by atoms with Crippen LogP contribution in [0.4, 0.5) is 0 Å². The van der Waals surface area contributed by atoms with Gasteiger partial charge in [0.25, 0.3) is 5.91 Å². The minimum Gasteiger partial charge on any atom is -0.484 e. The maximum Gasteiger partial charge on any atom is 0.261 e. The van der Waals surface area contributed by atoms with Gasteiger partial charge in [-0.25, -0.2) is 0 Å². The molecule has 2 rings (SSSR count). The molecule has 0 spiro atoms. The van der Waals surface area contributed by atoms with Crippen LogP contribution >= 0.6 is 15.9 Å². The Labute approximate surface area is 187 Å². The molecule has 0 aliphatic carbocycles. The van der Waals surface area contributed by atoms with Crippen molar-refractivity contribution in [2.45, 2.75) is 59.2 Å². The third-order valence-corrected chi connectivity index (χ3v) is 5.02. The lowest BCUT2D eigenvalue weighted by atomic mass is 10.1. The SMILES string of the molecule is CC[C@@H](C(=O)NC(C)(C)C)N(Cc1cccc(C)c1)C(=O)COc1ccc(Br)cc1. The molecule has 0 aliphatic heterocycles.